The van der Waals surface area contributed by atoms with Crippen LogP contribution in [0.25, 0.3) is 11.1 Å². The van der Waals surface area contributed by atoms with Crippen molar-refractivity contribution < 1.29 is 37.5 Å². The highest BCUT2D eigenvalue weighted by atomic mass is 19.3. The Morgan fingerprint density at radius 1 is 0.891 bits per heavy atom. The maximum atomic E-state index is 14.7. The van der Waals surface area contributed by atoms with E-state index in [0.717, 1.165) is 72.4 Å². The fraction of sp³-hybridized carbons (Fsp3) is 0.478. The van der Waals surface area contributed by atoms with E-state index in [0.29, 0.717) is 74.7 Å². The Bertz CT molecular complexity index is 2540. The third-order valence-corrected chi connectivity index (χ3v) is 13.4. The molecule has 4 aromatic rings. The molecular weight excluding hydrogens is 827 g/mol. The van der Waals surface area contributed by atoms with Crippen molar-refractivity contribution in [3.8, 4) is 11.1 Å². The molecule has 1 unspecified atom stereocenters. The van der Waals surface area contributed by atoms with Gasteiger partial charge in [-0.05, 0) is 86.4 Å². The highest BCUT2D eigenvalue weighted by molar-refractivity contribution is 6.23. The lowest BCUT2D eigenvalue weighted by Crippen LogP contribution is -2.54. The number of carbonyl (C=O) groups is 6. The average Bonchev–Trinajstić information content (AvgIpc) is 3.97. The molecule has 2 fully saturated rings. The number of likely N-dealkylation sites (tertiary alicyclic amines) is 1. The number of aromatic nitrogens is 4. The largest absolute Gasteiger partial charge is 0.385 e. The van der Waals surface area contributed by atoms with E-state index >= 15 is 0 Å². The molecule has 7 heterocycles. The molecule has 2 N–H and O–H groups in total. The van der Waals surface area contributed by atoms with Gasteiger partial charge in [0.2, 0.25) is 23.6 Å². The summed E-state index contributed by atoms with van der Waals surface area (Å²) < 4.78 is 33.1. The number of anilines is 3. The molecule has 6 amide bonds. The molecule has 2 saturated heterocycles. The zero-order valence-electron chi connectivity index (χ0n) is 36.1. The molecule has 0 bridgehead atoms. The van der Waals surface area contributed by atoms with Crippen molar-refractivity contribution in [2.24, 2.45) is 7.05 Å². The number of imide groups is 2. The van der Waals surface area contributed by atoms with Crippen LogP contribution in [0, 0.1) is 0 Å². The summed E-state index contributed by atoms with van der Waals surface area (Å²) >= 11 is 0. The minimum Gasteiger partial charge on any atom is -0.385 e. The number of hydrogen-bond acceptors (Lipinski definition) is 10. The quantitative estimate of drug-likeness (QED) is 0.138. The highest BCUT2D eigenvalue weighted by Crippen LogP contribution is 2.44. The molecular formula is C46H52F2N10O6. The predicted molar refractivity (Wildman–Crippen MR) is 231 cm³/mol. The summed E-state index contributed by atoms with van der Waals surface area (Å²) in [4.78, 5) is 82.9. The zero-order valence-corrected chi connectivity index (χ0v) is 36.1. The maximum absolute atomic E-state index is 14.7. The van der Waals surface area contributed by atoms with Gasteiger partial charge < -0.3 is 20.0 Å². The second-order valence-electron chi connectivity index (χ2n) is 17.5. The summed E-state index contributed by atoms with van der Waals surface area (Å²) in [6.45, 7) is 4.93. The molecule has 16 nitrogen and oxygen atoms in total. The normalized spacial score (nSPS) is 19.0. The van der Waals surface area contributed by atoms with Crippen molar-refractivity contribution in [2.75, 3.05) is 42.9 Å². The minimum atomic E-state index is -2.69. The van der Waals surface area contributed by atoms with Gasteiger partial charge in [0, 0.05) is 106 Å². The van der Waals surface area contributed by atoms with Crippen LogP contribution in [0.1, 0.15) is 120 Å². The first-order valence-electron chi connectivity index (χ1n) is 22.3. The number of alkyl halides is 2. The van der Waals surface area contributed by atoms with Crippen molar-refractivity contribution in [1.82, 2.24) is 39.6 Å². The molecule has 0 saturated carbocycles. The van der Waals surface area contributed by atoms with Gasteiger partial charge >= 0.3 is 0 Å². The van der Waals surface area contributed by atoms with Crippen LogP contribution in [0.4, 0.5) is 26.0 Å². The van der Waals surface area contributed by atoms with Gasteiger partial charge in [0.1, 0.15) is 6.04 Å². The first-order chi connectivity index (χ1) is 30.9. The van der Waals surface area contributed by atoms with Gasteiger partial charge in [0.05, 0.1) is 29.9 Å². The number of benzene rings is 2. The van der Waals surface area contributed by atoms with Crippen LogP contribution in [-0.4, -0.2) is 108 Å². The van der Waals surface area contributed by atoms with Crippen LogP contribution >= 0.6 is 0 Å². The van der Waals surface area contributed by atoms with E-state index in [1.807, 2.05) is 15.9 Å². The summed E-state index contributed by atoms with van der Waals surface area (Å²) in [6.07, 6.45) is 7.20. The molecule has 9 rings (SSSR count). The van der Waals surface area contributed by atoms with Gasteiger partial charge in [-0.1, -0.05) is 6.42 Å². The molecule has 2 aromatic heterocycles. The molecule has 64 heavy (non-hydrogen) atoms. The molecule has 2 aromatic carbocycles. The number of nitrogens with zero attached hydrogens (tertiary/aromatic N) is 8. The smallest absolute Gasteiger partial charge is 0.264 e. The van der Waals surface area contributed by atoms with E-state index < -0.39 is 36.1 Å². The lowest BCUT2D eigenvalue weighted by atomic mass is 9.92. The Labute approximate surface area is 368 Å². The number of halogens is 2. The monoisotopic (exact) mass is 878 g/mol. The van der Waals surface area contributed by atoms with Gasteiger partial charge in [-0.3, -0.25) is 48.3 Å². The van der Waals surface area contributed by atoms with Crippen molar-refractivity contribution in [2.45, 2.75) is 103 Å². The number of piperidine rings is 2. The Morgan fingerprint density at radius 3 is 2.42 bits per heavy atom. The standard InChI is InChI=1S/C46H52F2N10O6/c1-27(59)55-20-15-37-36(26-55)43(56-17-6-7-28-21-33(29-24-50-53(2)25-29)34(42(47)48)23-39(28)56)52-58(37)31-13-18-54(19-14-31)41(61)8-4-3-5-16-49-30-9-10-32-35(22-30)46(64)57(45(32)63)38-11-12-40(60)51-44(38)62/h9-10,21-25,31,38,42,49H,3-8,11-20,26H2,1-2H3,(H,51,60,62). The second kappa shape index (κ2) is 17.6. The van der Waals surface area contributed by atoms with E-state index in [9.17, 15) is 37.5 Å². The number of amides is 6. The summed E-state index contributed by atoms with van der Waals surface area (Å²) in [5.74, 6) is -1.37. The van der Waals surface area contributed by atoms with Crippen molar-refractivity contribution >= 4 is 52.6 Å². The van der Waals surface area contributed by atoms with Gasteiger partial charge in [-0.15, -0.1) is 0 Å². The zero-order chi connectivity index (χ0) is 44.8. The number of fused-ring (bicyclic) bond motifs is 3. The fourth-order valence-electron chi connectivity index (χ4n) is 9.99. The van der Waals surface area contributed by atoms with E-state index in [4.69, 9.17) is 5.10 Å². The molecule has 5 aliphatic heterocycles. The topological polar surface area (TPSA) is 175 Å². The maximum Gasteiger partial charge on any atom is 0.264 e. The van der Waals surface area contributed by atoms with Crippen LogP contribution in [-0.2, 0) is 45.6 Å². The molecule has 0 aliphatic carbocycles. The lowest BCUT2D eigenvalue weighted by Gasteiger charge is -2.34. The number of unbranched alkanes of at least 4 members (excludes halogenated alkanes) is 2. The summed E-state index contributed by atoms with van der Waals surface area (Å²) in [5.41, 5.74) is 5.89. The Kier molecular flexibility index (Phi) is 11.8. The molecule has 336 valence electrons. The average molecular weight is 879 g/mol. The molecule has 1 atom stereocenters. The Morgan fingerprint density at radius 2 is 1.69 bits per heavy atom. The summed E-state index contributed by atoms with van der Waals surface area (Å²) in [6, 6.07) is 7.44. The van der Waals surface area contributed by atoms with Crippen LogP contribution in [0.2, 0.25) is 0 Å². The minimum absolute atomic E-state index is 0.0234. The van der Waals surface area contributed by atoms with Gasteiger partial charge in [-0.2, -0.15) is 10.2 Å². The van der Waals surface area contributed by atoms with Crippen LogP contribution in [0.5, 0.6) is 0 Å². The number of hydrogen-bond donors (Lipinski definition) is 2. The number of nitrogens with one attached hydrogen (secondary N) is 2. The molecule has 5 aliphatic rings. The molecule has 18 heteroatoms. The third-order valence-electron chi connectivity index (χ3n) is 13.4. The van der Waals surface area contributed by atoms with Crippen LogP contribution < -0.4 is 15.5 Å². The van der Waals surface area contributed by atoms with Gasteiger partial charge in [0.25, 0.3) is 18.2 Å². The predicted octanol–water partition coefficient (Wildman–Crippen LogP) is 5.45. The Hall–Kier alpha value is -6.46. The van der Waals surface area contributed by atoms with E-state index in [-0.39, 0.29) is 47.4 Å². The van der Waals surface area contributed by atoms with Crippen LogP contribution in [0.3, 0.4) is 0 Å². The SMILES string of the molecule is CC(=O)N1CCc2c(c(N3CCCc4cc(-c5cnn(C)c5)c(C(F)F)cc43)nn2C2CCN(C(=O)CCCCCNc3ccc4c(c3)C(=O)N(C3CCC(=O)NC3=O)C4=O)CC2)C1. The summed E-state index contributed by atoms with van der Waals surface area (Å²) in [5, 5.41) is 15.0. The van der Waals surface area contributed by atoms with Crippen molar-refractivity contribution in [3.63, 3.8) is 0 Å². The second-order valence-corrected chi connectivity index (χ2v) is 17.5. The first-order valence-corrected chi connectivity index (χ1v) is 22.3. The van der Waals surface area contributed by atoms with Crippen molar-refractivity contribution in [3.05, 3.63) is 76.2 Å². The molecule has 0 spiro atoms. The number of rotatable bonds is 12. The Balaban J connectivity index is 0.801. The van der Waals surface area contributed by atoms with Gasteiger partial charge in [0.15, 0.2) is 5.82 Å². The van der Waals surface area contributed by atoms with Crippen LogP contribution in [0.15, 0.2) is 42.7 Å². The fourth-order valence-corrected chi connectivity index (χ4v) is 9.99. The molecule has 0 radical (unpaired) electrons. The number of aryl methyl sites for hydroxylation is 2. The van der Waals surface area contributed by atoms with Gasteiger partial charge in [-0.25, -0.2) is 8.78 Å². The van der Waals surface area contributed by atoms with E-state index in [2.05, 4.69) is 25.3 Å². The van der Waals surface area contributed by atoms with E-state index in [1.54, 1.807) is 55.3 Å². The summed E-state index contributed by atoms with van der Waals surface area (Å²) in [7, 11) is 1.76. The first kappa shape index (κ1) is 42.8. The highest BCUT2D eigenvalue weighted by Gasteiger charge is 2.45. The van der Waals surface area contributed by atoms with E-state index in [1.165, 1.54) is 0 Å². The van der Waals surface area contributed by atoms with Crippen molar-refractivity contribution in [1.29, 1.82) is 0 Å². The number of carbonyl (C=O) groups excluding carboxylic acids is 6. The lowest BCUT2D eigenvalue weighted by molar-refractivity contribution is -0.136. The third kappa shape index (κ3) is 8.13.